The highest BCUT2D eigenvalue weighted by Gasteiger charge is 2.34. The number of benzene rings is 3. The molecule has 2 amide bonds. The molecule has 0 bridgehead atoms. The van der Waals surface area contributed by atoms with Crippen molar-refractivity contribution in [3.8, 4) is 0 Å². The fourth-order valence-electron chi connectivity index (χ4n) is 5.90. The van der Waals surface area contributed by atoms with Gasteiger partial charge < -0.3 is 15.1 Å². The van der Waals surface area contributed by atoms with E-state index < -0.39 is 0 Å². The van der Waals surface area contributed by atoms with E-state index in [1.807, 2.05) is 37.8 Å². The van der Waals surface area contributed by atoms with Gasteiger partial charge in [0.05, 0.1) is 0 Å². The van der Waals surface area contributed by atoms with Crippen molar-refractivity contribution in [3.05, 3.63) is 76.9 Å². The minimum absolute atomic E-state index is 0.0319. The molecule has 1 saturated heterocycles. The quantitative estimate of drug-likeness (QED) is 0.407. The van der Waals surface area contributed by atoms with Crippen LogP contribution in [0, 0.1) is 25.7 Å². The lowest BCUT2D eigenvalue weighted by Gasteiger charge is -2.38. The average molecular weight is 500 g/mol. The van der Waals surface area contributed by atoms with E-state index in [1.165, 1.54) is 16.3 Å². The first-order valence-electron chi connectivity index (χ1n) is 13.7. The van der Waals surface area contributed by atoms with Crippen molar-refractivity contribution >= 4 is 28.3 Å². The summed E-state index contributed by atoms with van der Waals surface area (Å²) in [6.07, 6.45) is 1.84. The summed E-state index contributed by atoms with van der Waals surface area (Å²) in [6, 6.07) is 18.9. The summed E-state index contributed by atoms with van der Waals surface area (Å²) >= 11 is 0. The van der Waals surface area contributed by atoms with Crippen molar-refractivity contribution in [1.82, 2.24) is 10.2 Å². The molecule has 1 fully saturated rings. The molecule has 2 atom stereocenters. The van der Waals surface area contributed by atoms with E-state index in [9.17, 15) is 9.59 Å². The molecule has 5 heteroatoms. The SMILES string of the molecule is CCN(CC)CCNC(=O)c1cc(C)c(N2C[C@@H](Cc3cccc4ccccc34)C[C@@H](C)C2=O)c(C)c1. The van der Waals surface area contributed by atoms with Crippen LogP contribution in [-0.2, 0) is 11.2 Å². The second-order valence-electron chi connectivity index (χ2n) is 10.5. The number of nitrogens with zero attached hydrogens (tertiary/aromatic N) is 2. The fraction of sp³-hybridized carbons (Fsp3) is 0.438. The number of fused-ring (bicyclic) bond motifs is 1. The third-order valence-corrected chi connectivity index (χ3v) is 7.83. The molecule has 0 saturated carbocycles. The second-order valence-corrected chi connectivity index (χ2v) is 10.5. The first-order valence-corrected chi connectivity index (χ1v) is 13.7. The summed E-state index contributed by atoms with van der Waals surface area (Å²) < 4.78 is 0. The van der Waals surface area contributed by atoms with E-state index in [0.717, 1.165) is 49.3 Å². The molecule has 1 aliphatic rings. The lowest BCUT2D eigenvalue weighted by atomic mass is 9.83. The van der Waals surface area contributed by atoms with Gasteiger partial charge in [-0.3, -0.25) is 9.59 Å². The fourth-order valence-corrected chi connectivity index (χ4v) is 5.90. The zero-order chi connectivity index (χ0) is 26.5. The van der Waals surface area contributed by atoms with Crippen LogP contribution in [0.25, 0.3) is 10.8 Å². The van der Waals surface area contributed by atoms with E-state index in [-0.39, 0.29) is 17.7 Å². The Kier molecular flexibility index (Phi) is 8.65. The molecule has 1 heterocycles. The zero-order valence-corrected chi connectivity index (χ0v) is 23.0. The summed E-state index contributed by atoms with van der Waals surface area (Å²) in [5.74, 6) is 0.463. The molecule has 3 aromatic carbocycles. The van der Waals surface area contributed by atoms with Crippen LogP contribution in [0.3, 0.4) is 0 Å². The number of hydrogen-bond donors (Lipinski definition) is 1. The predicted octanol–water partition coefficient (Wildman–Crippen LogP) is 5.76. The number of rotatable bonds is 9. The summed E-state index contributed by atoms with van der Waals surface area (Å²) in [5, 5.41) is 5.61. The van der Waals surface area contributed by atoms with Gasteiger partial charge in [0.1, 0.15) is 0 Å². The molecule has 0 aromatic heterocycles. The minimum Gasteiger partial charge on any atom is -0.351 e. The Morgan fingerprint density at radius 2 is 1.70 bits per heavy atom. The van der Waals surface area contributed by atoms with Crippen molar-refractivity contribution in [3.63, 3.8) is 0 Å². The number of carbonyl (C=O) groups is 2. The van der Waals surface area contributed by atoms with Gasteiger partial charge in [-0.25, -0.2) is 0 Å². The van der Waals surface area contributed by atoms with Gasteiger partial charge in [-0.2, -0.15) is 0 Å². The molecule has 196 valence electrons. The minimum atomic E-state index is -0.0583. The van der Waals surface area contributed by atoms with E-state index in [1.54, 1.807) is 0 Å². The summed E-state index contributed by atoms with van der Waals surface area (Å²) in [7, 11) is 0. The van der Waals surface area contributed by atoms with Gasteiger partial charge in [-0.15, -0.1) is 0 Å². The number of amides is 2. The van der Waals surface area contributed by atoms with Crippen LogP contribution in [0.15, 0.2) is 54.6 Å². The molecule has 0 unspecified atom stereocenters. The third kappa shape index (κ3) is 6.04. The van der Waals surface area contributed by atoms with Crippen molar-refractivity contribution in [2.75, 3.05) is 37.6 Å². The number of aryl methyl sites for hydroxylation is 2. The van der Waals surface area contributed by atoms with Gasteiger partial charge >= 0.3 is 0 Å². The molecule has 4 rings (SSSR count). The Morgan fingerprint density at radius 1 is 1.03 bits per heavy atom. The highest BCUT2D eigenvalue weighted by atomic mass is 16.2. The smallest absolute Gasteiger partial charge is 0.251 e. The molecule has 1 aliphatic heterocycles. The third-order valence-electron chi connectivity index (χ3n) is 7.83. The maximum Gasteiger partial charge on any atom is 0.251 e. The van der Waals surface area contributed by atoms with Gasteiger partial charge in [0.25, 0.3) is 5.91 Å². The van der Waals surface area contributed by atoms with Crippen LogP contribution >= 0.6 is 0 Å². The summed E-state index contributed by atoms with van der Waals surface area (Å²) in [6.45, 7) is 14.5. The lowest BCUT2D eigenvalue weighted by molar-refractivity contribution is -0.124. The number of nitrogens with one attached hydrogen (secondary N) is 1. The van der Waals surface area contributed by atoms with Crippen molar-refractivity contribution in [2.45, 2.75) is 47.5 Å². The predicted molar refractivity (Wildman–Crippen MR) is 153 cm³/mol. The van der Waals surface area contributed by atoms with E-state index >= 15 is 0 Å². The monoisotopic (exact) mass is 499 g/mol. The first kappa shape index (κ1) is 26.9. The Hall–Kier alpha value is -3.18. The maximum atomic E-state index is 13.4. The highest BCUT2D eigenvalue weighted by molar-refractivity contribution is 5.99. The molecular formula is C32H41N3O2. The van der Waals surface area contributed by atoms with E-state index in [0.29, 0.717) is 24.6 Å². The Balaban J connectivity index is 1.52. The van der Waals surface area contributed by atoms with Gasteiger partial charge in [0.2, 0.25) is 5.91 Å². The van der Waals surface area contributed by atoms with Gasteiger partial charge in [0.15, 0.2) is 0 Å². The Labute approximate surface area is 221 Å². The average Bonchev–Trinajstić information content (AvgIpc) is 2.89. The Bertz CT molecular complexity index is 1240. The standard InChI is InChI=1S/C32H41N3O2/c1-6-34(7-2)16-15-33-31(36)28-18-22(3)30(23(4)19-28)35-21-25(17-24(5)32(35)37)20-27-13-10-12-26-11-8-9-14-29(26)27/h8-14,18-19,24-25H,6-7,15-17,20-21H2,1-5H3,(H,33,36)/t24-,25-/m1/s1. The van der Waals surface area contributed by atoms with Crippen LogP contribution in [0.1, 0.15) is 54.2 Å². The summed E-state index contributed by atoms with van der Waals surface area (Å²) in [4.78, 5) is 30.5. The molecule has 5 nitrogen and oxygen atoms in total. The molecule has 0 aliphatic carbocycles. The van der Waals surface area contributed by atoms with Gasteiger partial charge in [0, 0.05) is 36.8 Å². The molecule has 0 spiro atoms. The van der Waals surface area contributed by atoms with Crippen LogP contribution in [0.2, 0.25) is 0 Å². The molecule has 0 radical (unpaired) electrons. The lowest BCUT2D eigenvalue weighted by Crippen LogP contribution is -2.46. The van der Waals surface area contributed by atoms with Crippen LogP contribution in [0.4, 0.5) is 5.69 Å². The van der Waals surface area contributed by atoms with Crippen molar-refractivity contribution in [1.29, 1.82) is 0 Å². The first-order chi connectivity index (χ1) is 17.8. The van der Waals surface area contributed by atoms with Gasteiger partial charge in [-0.1, -0.05) is 63.2 Å². The maximum absolute atomic E-state index is 13.4. The molecule has 3 aromatic rings. The van der Waals surface area contributed by atoms with Crippen LogP contribution < -0.4 is 10.2 Å². The zero-order valence-electron chi connectivity index (χ0n) is 23.0. The number of likely N-dealkylation sites (N-methyl/N-ethyl adjacent to an activating group) is 1. The number of hydrogen-bond acceptors (Lipinski definition) is 3. The number of piperidine rings is 1. The number of carbonyl (C=O) groups excluding carboxylic acids is 2. The topological polar surface area (TPSA) is 52.7 Å². The second kappa shape index (κ2) is 11.9. The van der Waals surface area contributed by atoms with Crippen molar-refractivity contribution in [2.24, 2.45) is 11.8 Å². The summed E-state index contributed by atoms with van der Waals surface area (Å²) in [5.41, 5.74) is 4.90. The van der Waals surface area contributed by atoms with Crippen LogP contribution in [-0.4, -0.2) is 49.4 Å². The van der Waals surface area contributed by atoms with E-state index in [2.05, 4.69) is 66.5 Å². The highest BCUT2D eigenvalue weighted by Crippen LogP contribution is 2.35. The van der Waals surface area contributed by atoms with Crippen molar-refractivity contribution < 1.29 is 9.59 Å². The van der Waals surface area contributed by atoms with Gasteiger partial charge in [-0.05, 0) is 85.3 Å². The normalized spacial score (nSPS) is 18.0. The number of anilines is 1. The van der Waals surface area contributed by atoms with E-state index in [4.69, 9.17) is 0 Å². The molecular weight excluding hydrogens is 458 g/mol. The molecule has 1 N–H and O–H groups in total. The van der Waals surface area contributed by atoms with Crippen LogP contribution in [0.5, 0.6) is 0 Å². The largest absolute Gasteiger partial charge is 0.351 e. The Morgan fingerprint density at radius 3 is 2.41 bits per heavy atom. The molecule has 37 heavy (non-hydrogen) atoms.